The van der Waals surface area contributed by atoms with Crippen LogP contribution in [-0.4, -0.2) is 109 Å². The Bertz CT molecular complexity index is 3690. The number of hydrogen-bond donors (Lipinski definition) is 6. The summed E-state index contributed by atoms with van der Waals surface area (Å²) < 4.78 is 57.6. The van der Waals surface area contributed by atoms with E-state index in [0.717, 1.165) is 62.9 Å². The summed E-state index contributed by atoms with van der Waals surface area (Å²) in [6.45, 7) is 16.9. The molecule has 7 N–H and O–H groups in total. The minimum Gasteiger partial charge on any atom is -0.383 e. The zero-order valence-electron chi connectivity index (χ0n) is 46.1. The van der Waals surface area contributed by atoms with Crippen LogP contribution in [0.5, 0.6) is 0 Å². The van der Waals surface area contributed by atoms with Gasteiger partial charge in [-0.3, -0.25) is 14.1 Å². The Morgan fingerprint density at radius 1 is 0.988 bits per heavy atom. The maximum atomic E-state index is 14.9. The Labute approximate surface area is 464 Å². The molecular weight excluding hydrogens is 1090 g/mol. The first kappa shape index (κ1) is 57.6. The molecule has 2 aromatic heterocycles. The minimum atomic E-state index is -5.68. The van der Waals surface area contributed by atoms with Gasteiger partial charge in [0.2, 0.25) is 11.3 Å². The third kappa shape index (κ3) is 11.3. The van der Waals surface area contributed by atoms with Crippen molar-refractivity contribution in [3.05, 3.63) is 116 Å². The van der Waals surface area contributed by atoms with Gasteiger partial charge in [0.05, 0.1) is 30.2 Å². The average Bonchev–Trinajstić information content (AvgIpc) is 4.06. The lowest BCUT2D eigenvalue weighted by molar-refractivity contribution is -0.121. The normalized spacial score (nSPS) is 21.3. The zero-order chi connectivity index (χ0) is 57.3. The highest BCUT2D eigenvalue weighted by atomic mass is 31.3. The lowest BCUT2D eigenvalue weighted by atomic mass is 9.64. The van der Waals surface area contributed by atoms with Gasteiger partial charge in [-0.05, 0) is 128 Å². The number of carbonyl (C=O) groups is 2. The van der Waals surface area contributed by atoms with Gasteiger partial charge >= 0.3 is 23.5 Å². The highest BCUT2D eigenvalue weighted by Gasteiger charge is 2.44. The van der Waals surface area contributed by atoms with Gasteiger partial charge in [0.15, 0.2) is 0 Å². The van der Waals surface area contributed by atoms with E-state index >= 15 is 0 Å². The molecule has 24 heteroatoms. The summed E-state index contributed by atoms with van der Waals surface area (Å²) in [6.07, 6.45) is 7.91. The maximum Gasteiger partial charge on any atom is 0.490 e. The second kappa shape index (κ2) is 22.0. The minimum absolute atomic E-state index is 0.0000493. The molecule has 6 heterocycles. The van der Waals surface area contributed by atoms with E-state index in [9.17, 15) is 33.1 Å². The fourth-order valence-electron chi connectivity index (χ4n) is 13.2. The molecule has 1 fully saturated rings. The van der Waals surface area contributed by atoms with Crippen LogP contribution < -0.4 is 31.1 Å². The second-order valence-corrected chi connectivity index (χ2v) is 27.1. The van der Waals surface area contributed by atoms with Crippen LogP contribution in [0.15, 0.2) is 55.0 Å². The second-order valence-electron chi connectivity index (χ2n) is 22.6. The zero-order valence-corrected chi connectivity index (χ0v) is 48.8. The summed E-state index contributed by atoms with van der Waals surface area (Å²) in [4.78, 5) is 77.9. The number of aromatic nitrogens is 3. The molecule has 0 radical (unpaired) electrons. The Kier molecular flexibility index (Phi) is 15.8. The van der Waals surface area contributed by atoms with E-state index in [1.807, 2.05) is 18.2 Å². The summed E-state index contributed by atoms with van der Waals surface area (Å²) in [5.41, 5.74) is 18.8. The van der Waals surface area contributed by atoms with Crippen LogP contribution in [0, 0.1) is 11.8 Å². The molecule has 1 aliphatic carbocycles. The number of ether oxygens (including phenoxy) is 1. The Morgan fingerprint density at radius 2 is 1.74 bits per heavy atom. The number of benzene rings is 3. The number of phosphoric ester groups is 1. The highest BCUT2D eigenvalue weighted by molar-refractivity contribution is 7.66. The van der Waals surface area contributed by atoms with Gasteiger partial charge in [0, 0.05) is 78.9 Å². The van der Waals surface area contributed by atoms with Gasteiger partial charge in [-0.2, -0.15) is 8.62 Å². The van der Waals surface area contributed by atoms with Gasteiger partial charge in [0.25, 0.3) is 5.91 Å². The van der Waals surface area contributed by atoms with Crippen LogP contribution in [-0.2, 0) is 54.6 Å². The molecule has 0 saturated carbocycles. The molecule has 3 aromatic carbocycles. The molecule has 5 atom stereocenters. The van der Waals surface area contributed by atoms with E-state index in [2.05, 4.69) is 111 Å². The molecule has 426 valence electrons. The number of fused-ring (bicyclic) bond motifs is 5. The van der Waals surface area contributed by atoms with Crippen molar-refractivity contribution in [1.82, 2.24) is 29.3 Å². The maximum absolute atomic E-state index is 14.9. The molecule has 3 unspecified atom stereocenters. The summed E-state index contributed by atoms with van der Waals surface area (Å²) >= 11 is 0. The molecule has 10 rings (SSSR count). The van der Waals surface area contributed by atoms with E-state index in [1.165, 1.54) is 56.0 Å². The molecule has 2 amide bonds. The molecule has 5 aliphatic rings. The van der Waals surface area contributed by atoms with Crippen molar-refractivity contribution < 1.29 is 60.7 Å². The van der Waals surface area contributed by atoms with Crippen LogP contribution in [0.1, 0.15) is 153 Å². The van der Waals surface area contributed by atoms with Crippen molar-refractivity contribution in [3.8, 4) is 11.8 Å². The monoisotopic (exact) mass is 1160 g/mol. The average molecular weight is 1160 g/mol. The first-order valence-electron chi connectivity index (χ1n) is 27.2. The van der Waals surface area contributed by atoms with Gasteiger partial charge in [-0.15, -0.1) is 0 Å². The van der Waals surface area contributed by atoms with Crippen molar-refractivity contribution in [2.75, 3.05) is 57.0 Å². The van der Waals surface area contributed by atoms with Crippen molar-refractivity contribution in [1.29, 1.82) is 0 Å². The third-order valence-corrected chi connectivity index (χ3v) is 20.1. The van der Waals surface area contributed by atoms with Crippen molar-refractivity contribution >= 4 is 63.4 Å². The number of amides is 2. The number of phosphoric acid groups is 3. The first-order valence-corrected chi connectivity index (χ1v) is 31.7. The number of nitrogens with one attached hydrogen (secondary N) is 1. The van der Waals surface area contributed by atoms with E-state index < -0.39 is 42.4 Å². The summed E-state index contributed by atoms with van der Waals surface area (Å²) in [5, 5.41) is 5.95. The van der Waals surface area contributed by atoms with Crippen molar-refractivity contribution in [2.24, 2.45) is 0 Å². The number of rotatable bonds is 16. The van der Waals surface area contributed by atoms with Crippen molar-refractivity contribution in [2.45, 2.75) is 129 Å². The number of nitrogen functional groups attached to an aromatic ring is 1. The van der Waals surface area contributed by atoms with E-state index in [4.69, 9.17) is 24.8 Å². The van der Waals surface area contributed by atoms with Crippen LogP contribution in [0.4, 0.5) is 11.5 Å². The third-order valence-electron chi connectivity index (χ3n) is 16.3. The van der Waals surface area contributed by atoms with Crippen LogP contribution in [0.3, 0.4) is 0 Å². The topological polar surface area (TPSA) is 281 Å². The Hall–Kier alpha value is -5.58. The number of anilines is 2. The summed E-state index contributed by atoms with van der Waals surface area (Å²) in [6, 6.07) is 15.5. The quantitative estimate of drug-likeness (QED) is 0.0352. The number of nitrogens with zero attached hydrogens (tertiary/aromatic N) is 6. The fraction of sp³-hybridized carbons (Fsp3) is 0.482. The van der Waals surface area contributed by atoms with Gasteiger partial charge in [-0.1, -0.05) is 50.8 Å². The van der Waals surface area contributed by atoms with Gasteiger partial charge < -0.3 is 49.7 Å². The fourth-order valence-corrected chi connectivity index (χ4v) is 16.2. The predicted molar refractivity (Wildman–Crippen MR) is 301 cm³/mol. The number of hydrogen-bond acceptors (Lipinski definition) is 13. The van der Waals surface area contributed by atoms with Crippen molar-refractivity contribution in [3.63, 3.8) is 0 Å². The Balaban J connectivity index is 0.835. The molecule has 0 spiro atoms. The first-order chi connectivity index (χ1) is 37.8. The number of nitrogens with two attached hydrogens (primary N) is 1. The SMILES string of the molecule is CCN1c2cc3c(cc2C(C)CC1(C)C)C(c1ccccc1C(=O)N(C)CCCC(=O)NCC#Cc1cn([C@H]2CC[C@@H](COP(=O)(O)OP(=O)(O)OP(=O)(O)O)O2)c2ncnc(N)c12)=c1cc2c4c(c1C3(C)C)CCC[N+]=4CCC2. The van der Waals surface area contributed by atoms with Gasteiger partial charge in [-0.25, -0.2) is 28.2 Å². The molecule has 5 aromatic rings. The van der Waals surface area contributed by atoms with Crippen LogP contribution in [0.25, 0.3) is 16.6 Å². The number of carbonyl (C=O) groups excluding carboxylic acids is 2. The summed E-state index contributed by atoms with van der Waals surface area (Å²) in [5.74, 6) is 6.13. The lowest BCUT2D eigenvalue weighted by Gasteiger charge is -2.48. The molecule has 4 aliphatic heterocycles. The lowest BCUT2D eigenvalue weighted by Crippen LogP contribution is -2.50. The smallest absolute Gasteiger partial charge is 0.383 e. The number of aryl methyl sites for hydroxylation is 1. The molecular formula is C56H70N8O13P3+. The van der Waals surface area contributed by atoms with E-state index in [-0.39, 0.29) is 48.0 Å². The van der Waals surface area contributed by atoms with Crippen LogP contribution >= 0.6 is 23.5 Å². The molecule has 0 bridgehead atoms. The molecule has 1 saturated heterocycles. The van der Waals surface area contributed by atoms with Gasteiger partial charge in [0.1, 0.15) is 37.1 Å². The predicted octanol–water partition coefficient (Wildman–Crippen LogP) is 6.44. The van der Waals surface area contributed by atoms with E-state index in [1.54, 1.807) is 22.7 Å². The molecule has 80 heavy (non-hydrogen) atoms. The summed E-state index contributed by atoms with van der Waals surface area (Å²) in [7, 11) is -14.8. The Morgan fingerprint density at radius 3 is 2.49 bits per heavy atom. The largest absolute Gasteiger partial charge is 0.490 e. The standard InChI is InChI=1S/C56H69N8O13P3/c1-8-64-45-29-44-42(28-41(45)34(2)30-55(64,3)4)49(43-27-35-16-12-25-62-26-13-19-40(51(35)62)50(43)56(44,5)6)38-17-9-10-18-39(38)54(66)61(7)24-14-20-46(65)58-23-11-15-36-31-63(53-48(36)52(57)59-33-60-53)47-22-21-37(75-47)32-74-79(70,71)77-80(72,73)76-78(67,68)69/h9-10,17-18,27-29,31,33-34,37,47H,8,12-14,16,19-26,30,32H2,1-7H3,(H6-,57,58,59,60,65,67,68,69,70,71,72,73)/p+1/t34?,37-,47+/m0/s1. The molecule has 21 nitrogen and oxygen atoms in total. The van der Waals surface area contributed by atoms with Crippen LogP contribution in [0.2, 0.25) is 0 Å². The highest BCUT2D eigenvalue weighted by Crippen LogP contribution is 2.66. The van der Waals surface area contributed by atoms with E-state index in [0.29, 0.717) is 47.5 Å².